The van der Waals surface area contributed by atoms with E-state index in [4.69, 9.17) is 0 Å². The number of fused-ring (bicyclic) bond motifs is 1. The molecule has 0 radical (unpaired) electrons. The van der Waals surface area contributed by atoms with Gasteiger partial charge in [0, 0.05) is 56.4 Å². The van der Waals surface area contributed by atoms with Crippen molar-refractivity contribution in [3.8, 4) is 5.82 Å². The summed E-state index contributed by atoms with van der Waals surface area (Å²) in [5.74, 6) is 3.67. The van der Waals surface area contributed by atoms with E-state index in [1.807, 2.05) is 54.2 Å². The first-order valence-corrected chi connectivity index (χ1v) is 9.76. The number of aryl methyl sites for hydroxylation is 3. The van der Waals surface area contributed by atoms with Gasteiger partial charge in [0.25, 0.3) is 0 Å². The van der Waals surface area contributed by atoms with E-state index in [1.165, 1.54) is 0 Å². The molecule has 5 heterocycles. The van der Waals surface area contributed by atoms with Gasteiger partial charge in [-0.3, -0.25) is 4.57 Å². The maximum Gasteiger partial charge on any atom is 0.160 e. The van der Waals surface area contributed by atoms with Crippen LogP contribution >= 0.6 is 0 Å². The van der Waals surface area contributed by atoms with Crippen molar-refractivity contribution >= 4 is 17.3 Å². The topological polar surface area (TPSA) is 80.3 Å². The highest BCUT2D eigenvalue weighted by Crippen LogP contribution is 2.21. The molecule has 0 unspecified atom stereocenters. The van der Waals surface area contributed by atoms with Crippen LogP contribution in [-0.4, -0.2) is 60.5 Å². The Morgan fingerprint density at radius 1 is 0.828 bits per heavy atom. The molecule has 0 spiro atoms. The first kappa shape index (κ1) is 17.6. The molecule has 0 amide bonds. The maximum atomic E-state index is 4.62. The number of hydrogen-bond acceptors (Lipinski definition) is 7. The molecule has 29 heavy (non-hydrogen) atoms. The van der Waals surface area contributed by atoms with Crippen LogP contribution in [-0.2, 0) is 0 Å². The SMILES string of the molecule is Cc1cc(N2CCN(c3ccc(-n4ccnc4C)nn3)CC2)n2nc(C)cc2n1. The zero-order valence-corrected chi connectivity index (χ0v) is 16.8. The predicted molar refractivity (Wildman–Crippen MR) is 111 cm³/mol. The maximum absolute atomic E-state index is 4.62. The van der Waals surface area contributed by atoms with Crippen LogP contribution in [0, 0.1) is 20.8 Å². The second kappa shape index (κ2) is 6.84. The van der Waals surface area contributed by atoms with Crippen LogP contribution in [0.2, 0.25) is 0 Å². The summed E-state index contributed by atoms with van der Waals surface area (Å²) in [6, 6.07) is 8.15. The molecule has 0 bridgehead atoms. The number of imidazole rings is 1. The number of nitrogens with zero attached hydrogens (tertiary/aromatic N) is 9. The fourth-order valence-corrected chi connectivity index (χ4v) is 3.82. The van der Waals surface area contributed by atoms with Gasteiger partial charge in [0.1, 0.15) is 11.6 Å². The van der Waals surface area contributed by atoms with Gasteiger partial charge in [0.2, 0.25) is 0 Å². The Kier molecular flexibility index (Phi) is 4.15. The normalized spacial score (nSPS) is 14.7. The van der Waals surface area contributed by atoms with E-state index in [1.54, 1.807) is 6.20 Å². The second-order valence-corrected chi connectivity index (χ2v) is 7.38. The van der Waals surface area contributed by atoms with E-state index in [0.29, 0.717) is 0 Å². The molecule has 9 heteroatoms. The van der Waals surface area contributed by atoms with Crippen molar-refractivity contribution in [3.63, 3.8) is 0 Å². The van der Waals surface area contributed by atoms with E-state index in [-0.39, 0.29) is 0 Å². The van der Waals surface area contributed by atoms with Gasteiger partial charge in [0.05, 0.1) is 5.69 Å². The number of rotatable bonds is 3. The highest BCUT2D eigenvalue weighted by Gasteiger charge is 2.21. The Bertz CT molecular complexity index is 1150. The Balaban J connectivity index is 1.33. The largest absolute Gasteiger partial charge is 0.353 e. The molecule has 0 atom stereocenters. The number of aromatic nitrogens is 7. The predicted octanol–water partition coefficient (Wildman–Crippen LogP) is 1.96. The summed E-state index contributed by atoms with van der Waals surface area (Å²) < 4.78 is 3.87. The number of piperazine rings is 1. The summed E-state index contributed by atoms with van der Waals surface area (Å²) in [6.45, 7) is 9.51. The molecule has 0 aromatic carbocycles. The van der Waals surface area contributed by atoms with Crippen LogP contribution in [0.5, 0.6) is 0 Å². The fourth-order valence-electron chi connectivity index (χ4n) is 3.82. The van der Waals surface area contributed by atoms with Crippen LogP contribution in [0.4, 0.5) is 11.6 Å². The Hall–Kier alpha value is -3.49. The van der Waals surface area contributed by atoms with Crippen molar-refractivity contribution in [1.29, 1.82) is 0 Å². The Morgan fingerprint density at radius 3 is 2.24 bits per heavy atom. The lowest BCUT2D eigenvalue weighted by molar-refractivity contribution is 0.629. The summed E-state index contributed by atoms with van der Waals surface area (Å²) in [6.07, 6.45) is 3.66. The van der Waals surface area contributed by atoms with Crippen molar-refractivity contribution in [2.45, 2.75) is 20.8 Å². The van der Waals surface area contributed by atoms with E-state index in [2.05, 4.69) is 41.1 Å². The van der Waals surface area contributed by atoms with Gasteiger partial charge >= 0.3 is 0 Å². The third-order valence-electron chi connectivity index (χ3n) is 5.30. The van der Waals surface area contributed by atoms with Crippen molar-refractivity contribution in [2.75, 3.05) is 36.0 Å². The third-order valence-corrected chi connectivity index (χ3v) is 5.30. The Labute approximate surface area is 168 Å². The summed E-state index contributed by atoms with van der Waals surface area (Å²) in [5.41, 5.74) is 2.88. The molecule has 1 fully saturated rings. The van der Waals surface area contributed by atoms with Crippen molar-refractivity contribution in [2.24, 2.45) is 0 Å². The summed E-state index contributed by atoms with van der Waals surface area (Å²) in [4.78, 5) is 13.5. The molecule has 4 aromatic heterocycles. The molecule has 148 valence electrons. The quantitative estimate of drug-likeness (QED) is 0.530. The van der Waals surface area contributed by atoms with Crippen LogP contribution in [0.3, 0.4) is 0 Å². The van der Waals surface area contributed by atoms with Gasteiger partial charge < -0.3 is 9.80 Å². The summed E-state index contributed by atoms with van der Waals surface area (Å²) in [5, 5.41) is 13.4. The average molecular weight is 389 g/mol. The molecule has 0 aliphatic carbocycles. The number of hydrogen-bond donors (Lipinski definition) is 0. The first-order chi connectivity index (χ1) is 14.1. The molecule has 1 saturated heterocycles. The van der Waals surface area contributed by atoms with Gasteiger partial charge in [-0.25, -0.2) is 9.97 Å². The molecular formula is C20H23N9. The molecular weight excluding hydrogens is 366 g/mol. The van der Waals surface area contributed by atoms with E-state index < -0.39 is 0 Å². The number of anilines is 2. The van der Waals surface area contributed by atoms with Gasteiger partial charge in [0.15, 0.2) is 17.3 Å². The zero-order chi connectivity index (χ0) is 20.0. The second-order valence-electron chi connectivity index (χ2n) is 7.38. The third kappa shape index (κ3) is 3.18. The average Bonchev–Trinajstić information content (AvgIpc) is 3.32. The monoisotopic (exact) mass is 389 g/mol. The minimum atomic E-state index is 0.783. The minimum absolute atomic E-state index is 0.783. The lowest BCUT2D eigenvalue weighted by Gasteiger charge is -2.36. The van der Waals surface area contributed by atoms with Gasteiger partial charge in [-0.1, -0.05) is 0 Å². The molecule has 1 aliphatic rings. The lowest BCUT2D eigenvalue weighted by Crippen LogP contribution is -2.47. The summed E-state index contributed by atoms with van der Waals surface area (Å²) in [7, 11) is 0. The van der Waals surface area contributed by atoms with Crippen molar-refractivity contribution < 1.29 is 0 Å². The highest BCUT2D eigenvalue weighted by molar-refractivity contribution is 5.53. The van der Waals surface area contributed by atoms with Crippen LogP contribution in [0.25, 0.3) is 11.5 Å². The molecule has 5 rings (SSSR count). The molecule has 0 saturated carbocycles. The van der Waals surface area contributed by atoms with Crippen LogP contribution in [0.15, 0.2) is 36.7 Å². The highest BCUT2D eigenvalue weighted by atomic mass is 15.4. The summed E-state index contributed by atoms with van der Waals surface area (Å²) >= 11 is 0. The van der Waals surface area contributed by atoms with Gasteiger partial charge in [-0.2, -0.15) is 9.61 Å². The smallest absolute Gasteiger partial charge is 0.160 e. The minimum Gasteiger partial charge on any atom is -0.353 e. The fraction of sp³-hybridized carbons (Fsp3) is 0.350. The Morgan fingerprint density at radius 2 is 1.55 bits per heavy atom. The standard InChI is InChI=1S/C20H23N9/c1-14-13-20(29-19(22-14)12-15(2)25-29)27-10-8-26(9-11-27)17-4-5-18(24-23-17)28-7-6-21-16(28)3/h4-7,12-13H,8-11H2,1-3H3. The van der Waals surface area contributed by atoms with E-state index >= 15 is 0 Å². The lowest BCUT2D eigenvalue weighted by atomic mass is 10.3. The molecule has 9 nitrogen and oxygen atoms in total. The van der Waals surface area contributed by atoms with E-state index in [0.717, 1.165) is 66.5 Å². The van der Waals surface area contributed by atoms with Crippen LogP contribution in [0.1, 0.15) is 17.2 Å². The van der Waals surface area contributed by atoms with Gasteiger partial charge in [-0.15, -0.1) is 10.2 Å². The van der Waals surface area contributed by atoms with Crippen molar-refractivity contribution in [1.82, 2.24) is 34.3 Å². The van der Waals surface area contributed by atoms with Crippen LogP contribution < -0.4 is 9.80 Å². The molecule has 0 N–H and O–H groups in total. The van der Waals surface area contributed by atoms with E-state index in [9.17, 15) is 0 Å². The zero-order valence-electron chi connectivity index (χ0n) is 16.8. The van der Waals surface area contributed by atoms with Gasteiger partial charge in [-0.05, 0) is 32.9 Å². The van der Waals surface area contributed by atoms with Crippen molar-refractivity contribution in [3.05, 3.63) is 53.9 Å². The first-order valence-electron chi connectivity index (χ1n) is 9.76. The molecule has 4 aromatic rings. The molecule has 1 aliphatic heterocycles.